The lowest BCUT2D eigenvalue weighted by molar-refractivity contribution is 0.0587. The van der Waals surface area contributed by atoms with Crippen molar-refractivity contribution >= 4 is 0 Å². The molecule has 12 heavy (non-hydrogen) atoms. The molecule has 1 aliphatic rings. The fourth-order valence-electron chi connectivity index (χ4n) is 1.12. The molecule has 0 saturated heterocycles. The Labute approximate surface area is 73.4 Å². The molecular formula is C9H17NO2. The third kappa shape index (κ3) is 1.79. The van der Waals surface area contributed by atoms with Crippen LogP contribution in [0.15, 0.2) is 11.8 Å². The smallest absolute Gasteiger partial charge is 0.128 e. The average Bonchev–Trinajstić information content (AvgIpc) is 2.55. The summed E-state index contributed by atoms with van der Waals surface area (Å²) in [5.74, 6) is 0.703. The van der Waals surface area contributed by atoms with Crippen molar-refractivity contribution in [2.45, 2.75) is 31.9 Å². The van der Waals surface area contributed by atoms with E-state index in [-0.39, 0.29) is 5.54 Å². The van der Waals surface area contributed by atoms with Crippen molar-refractivity contribution in [3.05, 3.63) is 11.8 Å². The highest BCUT2D eigenvalue weighted by Crippen LogP contribution is 2.21. The van der Waals surface area contributed by atoms with Crippen molar-refractivity contribution in [3.8, 4) is 0 Å². The Morgan fingerprint density at radius 1 is 1.67 bits per heavy atom. The zero-order valence-electron chi connectivity index (χ0n) is 7.92. The molecule has 0 bridgehead atoms. The van der Waals surface area contributed by atoms with Crippen molar-refractivity contribution in [2.24, 2.45) is 0 Å². The lowest BCUT2D eigenvalue weighted by Gasteiger charge is -2.30. The third-order valence-corrected chi connectivity index (χ3v) is 2.33. The summed E-state index contributed by atoms with van der Waals surface area (Å²) < 4.78 is 5.27. The van der Waals surface area contributed by atoms with Gasteiger partial charge in [0, 0.05) is 12.0 Å². The fraction of sp³-hybridized carbons (Fsp3) is 0.778. The monoisotopic (exact) mass is 171 g/mol. The Bertz CT molecular complexity index is 187. The van der Waals surface area contributed by atoms with Crippen molar-refractivity contribution in [1.82, 2.24) is 5.32 Å². The fourth-order valence-corrected chi connectivity index (χ4v) is 1.12. The molecule has 70 valence electrons. The minimum atomic E-state index is -0.551. The summed E-state index contributed by atoms with van der Waals surface area (Å²) in [5.41, 5.74) is -0.323. The summed E-state index contributed by atoms with van der Waals surface area (Å²) in [6, 6.07) is 0. The standard InChI is InChI=1S/C9H17NO2/c1-9(2,10-3)8(11)7-5-4-6-12-7/h5,8,10-11H,4,6H2,1-3H3. The van der Waals surface area contributed by atoms with E-state index in [1.165, 1.54) is 0 Å². The van der Waals surface area contributed by atoms with Crippen LogP contribution in [-0.2, 0) is 4.74 Å². The average molecular weight is 171 g/mol. The third-order valence-electron chi connectivity index (χ3n) is 2.33. The molecule has 0 amide bonds. The van der Waals surface area contributed by atoms with E-state index in [0.29, 0.717) is 12.4 Å². The van der Waals surface area contributed by atoms with Gasteiger partial charge < -0.3 is 15.2 Å². The second-order valence-electron chi connectivity index (χ2n) is 3.62. The van der Waals surface area contributed by atoms with Crippen LogP contribution in [0.1, 0.15) is 20.3 Å². The number of hydrogen-bond acceptors (Lipinski definition) is 3. The largest absolute Gasteiger partial charge is 0.495 e. The lowest BCUT2D eigenvalue weighted by Crippen LogP contribution is -2.48. The van der Waals surface area contributed by atoms with Gasteiger partial charge in [-0.2, -0.15) is 0 Å². The van der Waals surface area contributed by atoms with Crippen LogP contribution in [-0.4, -0.2) is 30.4 Å². The predicted molar refractivity (Wildman–Crippen MR) is 47.8 cm³/mol. The van der Waals surface area contributed by atoms with Crippen LogP contribution in [0.5, 0.6) is 0 Å². The first kappa shape index (κ1) is 9.55. The maximum absolute atomic E-state index is 9.82. The summed E-state index contributed by atoms with van der Waals surface area (Å²) in [4.78, 5) is 0. The number of rotatable bonds is 3. The first-order chi connectivity index (χ1) is 5.58. The second kappa shape index (κ2) is 3.46. The minimum Gasteiger partial charge on any atom is -0.495 e. The molecule has 1 heterocycles. The summed E-state index contributed by atoms with van der Waals surface area (Å²) >= 11 is 0. The SMILES string of the molecule is CNC(C)(C)C(O)C1=CCCO1. The van der Waals surface area contributed by atoms with Gasteiger partial charge >= 0.3 is 0 Å². The highest BCUT2D eigenvalue weighted by atomic mass is 16.5. The van der Waals surface area contributed by atoms with Gasteiger partial charge in [0.2, 0.25) is 0 Å². The van der Waals surface area contributed by atoms with Gasteiger partial charge in [-0.25, -0.2) is 0 Å². The molecule has 1 atom stereocenters. The molecule has 0 saturated carbocycles. The highest BCUT2D eigenvalue weighted by Gasteiger charge is 2.31. The Balaban J connectivity index is 2.62. The number of aliphatic hydroxyl groups is 1. The molecular weight excluding hydrogens is 154 g/mol. The molecule has 2 N–H and O–H groups in total. The maximum atomic E-state index is 9.82. The van der Waals surface area contributed by atoms with Gasteiger partial charge in [0.1, 0.15) is 11.9 Å². The molecule has 1 aliphatic heterocycles. The van der Waals surface area contributed by atoms with E-state index in [2.05, 4.69) is 5.32 Å². The Kier molecular flexibility index (Phi) is 2.75. The molecule has 3 nitrogen and oxygen atoms in total. The van der Waals surface area contributed by atoms with E-state index >= 15 is 0 Å². The second-order valence-corrected chi connectivity index (χ2v) is 3.62. The van der Waals surface area contributed by atoms with Crippen molar-refractivity contribution < 1.29 is 9.84 Å². The molecule has 0 radical (unpaired) electrons. The minimum absolute atomic E-state index is 0.323. The van der Waals surface area contributed by atoms with Gasteiger partial charge in [-0.05, 0) is 27.0 Å². The molecule has 3 heteroatoms. The van der Waals surface area contributed by atoms with Gasteiger partial charge in [0.25, 0.3) is 0 Å². The molecule has 0 aromatic carbocycles. The van der Waals surface area contributed by atoms with Gasteiger partial charge in [-0.3, -0.25) is 0 Å². The molecule has 0 spiro atoms. The summed E-state index contributed by atoms with van der Waals surface area (Å²) in [6.45, 7) is 4.59. The van der Waals surface area contributed by atoms with E-state index < -0.39 is 6.10 Å². The predicted octanol–water partition coefficient (Wildman–Crippen LogP) is 0.649. The van der Waals surface area contributed by atoms with Crippen LogP contribution in [0.3, 0.4) is 0 Å². The first-order valence-electron chi connectivity index (χ1n) is 4.28. The first-order valence-corrected chi connectivity index (χ1v) is 4.28. The number of hydrogen-bond donors (Lipinski definition) is 2. The van der Waals surface area contributed by atoms with Crippen molar-refractivity contribution in [2.75, 3.05) is 13.7 Å². The van der Waals surface area contributed by atoms with Crippen LogP contribution in [0.2, 0.25) is 0 Å². The van der Waals surface area contributed by atoms with Gasteiger partial charge in [-0.15, -0.1) is 0 Å². The van der Waals surface area contributed by atoms with Crippen LogP contribution in [0.25, 0.3) is 0 Å². The molecule has 1 unspecified atom stereocenters. The molecule has 1 rings (SSSR count). The van der Waals surface area contributed by atoms with Crippen LogP contribution in [0.4, 0.5) is 0 Å². The zero-order valence-corrected chi connectivity index (χ0v) is 7.92. The van der Waals surface area contributed by atoms with Gasteiger partial charge in [0.05, 0.1) is 6.61 Å². The molecule has 0 aromatic heterocycles. The zero-order chi connectivity index (χ0) is 9.19. The van der Waals surface area contributed by atoms with Gasteiger partial charge in [0.15, 0.2) is 0 Å². The maximum Gasteiger partial charge on any atom is 0.128 e. The van der Waals surface area contributed by atoms with E-state index in [4.69, 9.17) is 4.74 Å². The Morgan fingerprint density at radius 2 is 2.33 bits per heavy atom. The number of likely N-dealkylation sites (N-methyl/N-ethyl adjacent to an activating group) is 1. The van der Waals surface area contributed by atoms with Crippen LogP contribution < -0.4 is 5.32 Å². The van der Waals surface area contributed by atoms with Gasteiger partial charge in [-0.1, -0.05) is 0 Å². The highest BCUT2D eigenvalue weighted by molar-refractivity contribution is 5.10. The number of ether oxygens (including phenoxy) is 1. The number of nitrogens with one attached hydrogen (secondary N) is 1. The van der Waals surface area contributed by atoms with Crippen molar-refractivity contribution in [3.63, 3.8) is 0 Å². The quantitative estimate of drug-likeness (QED) is 0.655. The van der Waals surface area contributed by atoms with Crippen molar-refractivity contribution in [1.29, 1.82) is 0 Å². The van der Waals surface area contributed by atoms with E-state index in [1.807, 2.05) is 27.0 Å². The number of aliphatic hydroxyl groups excluding tert-OH is 1. The van der Waals surface area contributed by atoms with E-state index in [9.17, 15) is 5.11 Å². The normalized spacial score (nSPS) is 20.2. The Hall–Kier alpha value is -0.540. The molecule has 0 aliphatic carbocycles. The summed E-state index contributed by atoms with van der Waals surface area (Å²) in [7, 11) is 1.83. The molecule has 0 fully saturated rings. The molecule has 0 aromatic rings. The van der Waals surface area contributed by atoms with E-state index in [0.717, 1.165) is 6.42 Å². The Morgan fingerprint density at radius 3 is 2.75 bits per heavy atom. The lowest BCUT2D eigenvalue weighted by atomic mass is 9.96. The summed E-state index contributed by atoms with van der Waals surface area (Å²) in [5, 5.41) is 12.9. The topological polar surface area (TPSA) is 41.5 Å². The summed E-state index contributed by atoms with van der Waals surface area (Å²) in [6.07, 6.45) is 2.31. The van der Waals surface area contributed by atoms with E-state index in [1.54, 1.807) is 0 Å². The van der Waals surface area contributed by atoms with Crippen LogP contribution in [0, 0.1) is 0 Å². The van der Waals surface area contributed by atoms with Crippen LogP contribution >= 0.6 is 0 Å².